The third-order valence-electron chi connectivity index (χ3n) is 3.91. The molecule has 8 heteroatoms. The van der Waals surface area contributed by atoms with Crippen LogP contribution < -0.4 is 19.5 Å². The third kappa shape index (κ3) is 3.45. The summed E-state index contributed by atoms with van der Waals surface area (Å²) in [5.74, 6) is -0.116. The summed E-state index contributed by atoms with van der Waals surface area (Å²) in [6.45, 7) is -0.140. The number of amides is 1. The molecule has 0 radical (unpaired) electrons. The molecular weight excluding hydrogens is 352 g/mol. The quantitative estimate of drug-likeness (QED) is 0.715. The molecule has 1 amide bonds. The van der Waals surface area contributed by atoms with Gasteiger partial charge in [-0.2, -0.15) is 0 Å². The second-order valence-electron chi connectivity index (χ2n) is 5.73. The van der Waals surface area contributed by atoms with Gasteiger partial charge in [0.25, 0.3) is 5.91 Å². The van der Waals surface area contributed by atoms with Gasteiger partial charge in [0.1, 0.15) is 5.75 Å². The van der Waals surface area contributed by atoms with E-state index in [9.17, 15) is 14.7 Å². The van der Waals surface area contributed by atoms with Gasteiger partial charge in [0.15, 0.2) is 23.8 Å². The molecule has 1 aromatic heterocycles. The van der Waals surface area contributed by atoms with Crippen LogP contribution in [0.5, 0.6) is 17.2 Å². The molecule has 8 nitrogen and oxygen atoms in total. The molecule has 0 bridgehead atoms. The van der Waals surface area contributed by atoms with E-state index in [0.717, 1.165) is 0 Å². The topological polar surface area (TPSA) is 107 Å². The van der Waals surface area contributed by atoms with Crippen LogP contribution in [0.3, 0.4) is 0 Å². The molecule has 0 atom stereocenters. The molecule has 0 saturated carbocycles. The molecule has 0 unspecified atom stereocenters. The molecule has 2 heterocycles. The number of pyridine rings is 1. The van der Waals surface area contributed by atoms with E-state index in [0.29, 0.717) is 28.1 Å². The SMILES string of the molecule is O=C(COc1cc(C(=O)O)nc2ccccc12)Nc1ccc2c(c1)OCO2. The van der Waals surface area contributed by atoms with Gasteiger partial charge in [-0.1, -0.05) is 12.1 Å². The first kappa shape index (κ1) is 16.6. The summed E-state index contributed by atoms with van der Waals surface area (Å²) in [5, 5.41) is 12.5. The Balaban J connectivity index is 1.49. The number of carbonyl (C=O) groups excluding carboxylic acids is 1. The van der Waals surface area contributed by atoms with Gasteiger partial charge in [0, 0.05) is 23.2 Å². The number of para-hydroxylation sites is 1. The van der Waals surface area contributed by atoms with Crippen LogP contribution in [0, 0.1) is 0 Å². The van der Waals surface area contributed by atoms with E-state index in [1.165, 1.54) is 6.07 Å². The van der Waals surface area contributed by atoms with Gasteiger partial charge >= 0.3 is 5.97 Å². The number of carboxylic acids is 1. The Morgan fingerprint density at radius 1 is 1.11 bits per heavy atom. The molecule has 0 fully saturated rings. The van der Waals surface area contributed by atoms with Crippen LogP contribution in [0.15, 0.2) is 48.5 Å². The maximum Gasteiger partial charge on any atom is 0.354 e. The molecule has 0 saturated heterocycles. The predicted molar refractivity (Wildman–Crippen MR) is 95.4 cm³/mol. The van der Waals surface area contributed by atoms with Crippen molar-refractivity contribution in [3.8, 4) is 17.2 Å². The van der Waals surface area contributed by atoms with Gasteiger partial charge < -0.3 is 24.6 Å². The smallest absolute Gasteiger partial charge is 0.354 e. The van der Waals surface area contributed by atoms with Gasteiger partial charge in [-0.25, -0.2) is 9.78 Å². The number of hydrogen-bond acceptors (Lipinski definition) is 6. The summed E-state index contributed by atoms with van der Waals surface area (Å²) in [6, 6.07) is 13.3. The Bertz CT molecular complexity index is 1050. The molecule has 136 valence electrons. The Labute approximate surface area is 153 Å². The van der Waals surface area contributed by atoms with Crippen LogP contribution in [0.4, 0.5) is 5.69 Å². The van der Waals surface area contributed by atoms with Crippen LogP contribution in [0.2, 0.25) is 0 Å². The van der Waals surface area contributed by atoms with E-state index in [-0.39, 0.29) is 24.8 Å². The van der Waals surface area contributed by atoms with Gasteiger partial charge in [-0.05, 0) is 24.3 Å². The van der Waals surface area contributed by atoms with Crippen molar-refractivity contribution in [1.82, 2.24) is 4.98 Å². The van der Waals surface area contributed by atoms with Crippen molar-refractivity contribution in [1.29, 1.82) is 0 Å². The van der Waals surface area contributed by atoms with Crippen molar-refractivity contribution in [3.05, 3.63) is 54.2 Å². The zero-order chi connectivity index (χ0) is 18.8. The lowest BCUT2D eigenvalue weighted by Gasteiger charge is -2.11. The van der Waals surface area contributed by atoms with Gasteiger partial charge in [0.2, 0.25) is 6.79 Å². The molecule has 2 N–H and O–H groups in total. The Morgan fingerprint density at radius 2 is 1.93 bits per heavy atom. The van der Waals surface area contributed by atoms with Gasteiger partial charge in [-0.15, -0.1) is 0 Å². The normalized spacial score (nSPS) is 12.0. The monoisotopic (exact) mass is 366 g/mol. The first-order valence-corrected chi connectivity index (χ1v) is 8.05. The fraction of sp³-hybridized carbons (Fsp3) is 0.105. The summed E-state index contributed by atoms with van der Waals surface area (Å²) < 4.78 is 16.1. The zero-order valence-corrected chi connectivity index (χ0v) is 14.0. The second-order valence-corrected chi connectivity index (χ2v) is 5.73. The molecule has 1 aliphatic heterocycles. The minimum atomic E-state index is -1.17. The van der Waals surface area contributed by atoms with Crippen molar-refractivity contribution in [2.75, 3.05) is 18.7 Å². The first-order chi connectivity index (χ1) is 13.1. The van der Waals surface area contributed by atoms with Crippen LogP contribution in [0.25, 0.3) is 10.9 Å². The molecule has 1 aliphatic rings. The molecular formula is C19H14N2O6. The highest BCUT2D eigenvalue weighted by Gasteiger charge is 2.15. The number of nitrogens with one attached hydrogen (secondary N) is 1. The van der Waals surface area contributed by atoms with E-state index in [2.05, 4.69) is 10.3 Å². The number of carbonyl (C=O) groups is 2. The fourth-order valence-electron chi connectivity index (χ4n) is 2.69. The number of fused-ring (bicyclic) bond motifs is 2. The van der Waals surface area contributed by atoms with Crippen LogP contribution in [-0.4, -0.2) is 35.4 Å². The van der Waals surface area contributed by atoms with Crippen LogP contribution in [-0.2, 0) is 4.79 Å². The number of carboxylic acid groups (broad SMARTS) is 1. The maximum atomic E-state index is 12.2. The van der Waals surface area contributed by atoms with E-state index in [4.69, 9.17) is 14.2 Å². The molecule has 2 aromatic carbocycles. The van der Waals surface area contributed by atoms with Gasteiger partial charge in [-0.3, -0.25) is 4.79 Å². The standard InChI is InChI=1S/C19H14N2O6/c22-18(20-11-5-6-15-17(7-11)27-10-26-15)9-25-16-8-14(19(23)24)21-13-4-2-1-3-12(13)16/h1-8H,9-10H2,(H,20,22)(H,23,24). The highest BCUT2D eigenvalue weighted by molar-refractivity contribution is 5.94. The largest absolute Gasteiger partial charge is 0.483 e. The van der Waals surface area contributed by atoms with E-state index in [1.54, 1.807) is 42.5 Å². The number of ether oxygens (including phenoxy) is 3. The molecule has 0 spiro atoms. The summed E-state index contributed by atoms with van der Waals surface area (Å²) in [7, 11) is 0. The second kappa shape index (κ2) is 6.83. The number of hydrogen-bond donors (Lipinski definition) is 2. The number of rotatable bonds is 5. The van der Waals surface area contributed by atoms with E-state index < -0.39 is 11.9 Å². The van der Waals surface area contributed by atoms with Crippen molar-refractivity contribution in [3.63, 3.8) is 0 Å². The highest BCUT2D eigenvalue weighted by Crippen LogP contribution is 2.34. The third-order valence-corrected chi connectivity index (χ3v) is 3.91. The maximum absolute atomic E-state index is 12.2. The molecule has 4 rings (SSSR count). The number of anilines is 1. The fourth-order valence-corrected chi connectivity index (χ4v) is 2.69. The Kier molecular flexibility index (Phi) is 4.21. The highest BCUT2D eigenvalue weighted by atomic mass is 16.7. The van der Waals surface area contributed by atoms with Crippen molar-refractivity contribution in [2.45, 2.75) is 0 Å². The van der Waals surface area contributed by atoms with Gasteiger partial charge in [0.05, 0.1) is 5.52 Å². The average Bonchev–Trinajstić information content (AvgIpc) is 3.13. The molecule has 3 aromatic rings. The Morgan fingerprint density at radius 3 is 2.78 bits per heavy atom. The summed E-state index contributed by atoms with van der Waals surface area (Å²) in [5.41, 5.74) is 0.863. The lowest BCUT2D eigenvalue weighted by Crippen LogP contribution is -2.20. The number of aromatic nitrogens is 1. The molecule has 27 heavy (non-hydrogen) atoms. The van der Waals surface area contributed by atoms with Crippen molar-refractivity contribution >= 4 is 28.5 Å². The number of aromatic carboxylic acids is 1. The molecule has 0 aliphatic carbocycles. The first-order valence-electron chi connectivity index (χ1n) is 8.05. The number of benzene rings is 2. The van der Waals surface area contributed by atoms with Crippen LogP contribution >= 0.6 is 0 Å². The lowest BCUT2D eigenvalue weighted by molar-refractivity contribution is -0.118. The van der Waals surface area contributed by atoms with Crippen molar-refractivity contribution in [2.24, 2.45) is 0 Å². The van der Waals surface area contributed by atoms with E-state index >= 15 is 0 Å². The van der Waals surface area contributed by atoms with Crippen molar-refractivity contribution < 1.29 is 28.9 Å². The zero-order valence-electron chi connectivity index (χ0n) is 14.0. The minimum Gasteiger partial charge on any atom is -0.483 e. The predicted octanol–water partition coefficient (Wildman–Crippen LogP) is 2.68. The summed E-state index contributed by atoms with van der Waals surface area (Å²) in [6.07, 6.45) is 0. The lowest BCUT2D eigenvalue weighted by atomic mass is 10.2. The Hall–Kier alpha value is -3.81. The average molecular weight is 366 g/mol. The summed E-state index contributed by atoms with van der Waals surface area (Å²) >= 11 is 0. The van der Waals surface area contributed by atoms with E-state index in [1.807, 2.05) is 0 Å². The number of nitrogens with zero attached hydrogens (tertiary/aromatic N) is 1. The van der Waals surface area contributed by atoms with Crippen LogP contribution in [0.1, 0.15) is 10.5 Å². The summed E-state index contributed by atoms with van der Waals surface area (Å²) in [4.78, 5) is 27.5. The minimum absolute atomic E-state index is 0.150.